The average Bonchev–Trinajstić information content (AvgIpc) is 3.03. The number of nitrogens with one attached hydrogen (secondary N) is 1. The van der Waals surface area contributed by atoms with Gasteiger partial charge in [-0.05, 0) is 34.6 Å². The van der Waals surface area contributed by atoms with Crippen LogP contribution in [0.5, 0.6) is 0 Å². The molecule has 27 heavy (non-hydrogen) atoms. The lowest BCUT2D eigenvalue weighted by molar-refractivity contribution is -0.220. The Hall–Kier alpha value is -1.74. The quantitative estimate of drug-likeness (QED) is 0.731. The van der Waals surface area contributed by atoms with Crippen LogP contribution in [0.4, 0.5) is 0 Å². The summed E-state index contributed by atoms with van der Waals surface area (Å²) < 4.78 is 28.6. The second-order valence-electron chi connectivity index (χ2n) is 7.50. The standard InChI is InChI=1S/C19H27NO7/c1-8-11(10(3)21)13(12(9(2)20-8)17(22)24-7)14-15(23-6)16-18(25-14)27-19(4,5)26-16/h13-16,18,20H,1-7H3/t13?,14-,15+,16-,18-/m0/s1. The number of dihydropyridines is 1. The van der Waals surface area contributed by atoms with Crippen molar-refractivity contribution in [1.82, 2.24) is 5.32 Å². The Morgan fingerprint density at radius 2 is 1.67 bits per heavy atom. The normalized spacial score (nSPS) is 35.1. The van der Waals surface area contributed by atoms with E-state index >= 15 is 0 Å². The third-order valence-electron chi connectivity index (χ3n) is 5.22. The summed E-state index contributed by atoms with van der Waals surface area (Å²) in [7, 11) is 2.86. The Balaban J connectivity index is 2.06. The van der Waals surface area contributed by atoms with E-state index in [4.69, 9.17) is 23.7 Å². The summed E-state index contributed by atoms with van der Waals surface area (Å²) in [6.45, 7) is 8.64. The van der Waals surface area contributed by atoms with Gasteiger partial charge in [0.05, 0.1) is 18.6 Å². The Labute approximate surface area is 158 Å². The first-order valence-corrected chi connectivity index (χ1v) is 8.93. The molecule has 8 heteroatoms. The number of hydrogen-bond acceptors (Lipinski definition) is 8. The van der Waals surface area contributed by atoms with Crippen molar-refractivity contribution in [3.63, 3.8) is 0 Å². The molecule has 1 unspecified atom stereocenters. The van der Waals surface area contributed by atoms with E-state index < -0.39 is 42.3 Å². The summed E-state index contributed by atoms with van der Waals surface area (Å²) >= 11 is 0. The molecule has 0 aliphatic carbocycles. The molecule has 3 rings (SSSR count). The van der Waals surface area contributed by atoms with E-state index in [1.807, 2.05) is 0 Å². The van der Waals surface area contributed by atoms with Crippen LogP contribution in [0.2, 0.25) is 0 Å². The molecule has 3 aliphatic heterocycles. The number of fused-ring (bicyclic) bond motifs is 1. The van der Waals surface area contributed by atoms with Crippen LogP contribution in [0.25, 0.3) is 0 Å². The molecule has 150 valence electrons. The van der Waals surface area contributed by atoms with Crippen LogP contribution in [0.15, 0.2) is 22.5 Å². The zero-order valence-corrected chi connectivity index (χ0v) is 16.7. The van der Waals surface area contributed by atoms with Gasteiger partial charge in [-0.1, -0.05) is 0 Å². The van der Waals surface area contributed by atoms with Gasteiger partial charge in [0.15, 0.2) is 17.9 Å². The molecule has 0 saturated carbocycles. The van der Waals surface area contributed by atoms with Crippen LogP contribution in [0.1, 0.15) is 34.6 Å². The van der Waals surface area contributed by atoms with Gasteiger partial charge in [-0.25, -0.2) is 4.79 Å². The van der Waals surface area contributed by atoms with Crippen LogP contribution in [-0.4, -0.2) is 56.4 Å². The molecule has 2 saturated heterocycles. The maximum Gasteiger partial charge on any atom is 0.336 e. The van der Waals surface area contributed by atoms with Gasteiger partial charge < -0.3 is 29.0 Å². The van der Waals surface area contributed by atoms with E-state index in [9.17, 15) is 9.59 Å². The van der Waals surface area contributed by atoms with E-state index in [1.165, 1.54) is 14.0 Å². The minimum absolute atomic E-state index is 0.156. The van der Waals surface area contributed by atoms with Crippen molar-refractivity contribution in [2.75, 3.05) is 14.2 Å². The summed E-state index contributed by atoms with van der Waals surface area (Å²) in [5, 5.41) is 3.10. The number of ketones is 1. The Kier molecular flexibility index (Phi) is 5.20. The molecule has 2 fully saturated rings. The fraction of sp³-hybridized carbons (Fsp3) is 0.684. The number of esters is 1. The number of carbonyl (C=O) groups is 2. The largest absolute Gasteiger partial charge is 0.466 e. The second-order valence-corrected chi connectivity index (χ2v) is 7.50. The minimum Gasteiger partial charge on any atom is -0.466 e. The Morgan fingerprint density at radius 3 is 2.22 bits per heavy atom. The van der Waals surface area contributed by atoms with E-state index in [2.05, 4.69) is 5.32 Å². The topological polar surface area (TPSA) is 92.3 Å². The fourth-order valence-electron chi connectivity index (χ4n) is 4.27. The molecule has 0 radical (unpaired) electrons. The van der Waals surface area contributed by atoms with Gasteiger partial charge in [0.1, 0.15) is 18.3 Å². The van der Waals surface area contributed by atoms with Crippen molar-refractivity contribution >= 4 is 11.8 Å². The highest BCUT2D eigenvalue weighted by atomic mass is 16.8. The molecule has 0 amide bonds. The highest BCUT2D eigenvalue weighted by Gasteiger charge is 2.59. The molecule has 5 atom stereocenters. The lowest BCUT2D eigenvalue weighted by atomic mass is 9.78. The van der Waals surface area contributed by atoms with Crippen molar-refractivity contribution < 1.29 is 33.3 Å². The van der Waals surface area contributed by atoms with E-state index in [0.717, 1.165) is 0 Å². The SMILES string of the molecule is COC(=O)C1=C(C)NC(C)=C(C(C)=O)C1[C@@H]1O[C@H]2OC(C)(C)O[C@H]2[C@@H]1OC. The molecule has 0 aromatic heterocycles. The zero-order chi connectivity index (χ0) is 20.1. The number of allylic oxidation sites excluding steroid dienone is 2. The first kappa shape index (κ1) is 20.0. The molecule has 0 aromatic rings. The maximum atomic E-state index is 12.6. The number of ether oxygens (including phenoxy) is 5. The van der Waals surface area contributed by atoms with E-state index in [0.29, 0.717) is 22.5 Å². The van der Waals surface area contributed by atoms with Crippen LogP contribution < -0.4 is 5.32 Å². The number of Topliss-reactive ketones (excluding diaryl/α,β-unsaturated/α-hetero) is 1. The van der Waals surface area contributed by atoms with Gasteiger partial charge >= 0.3 is 5.97 Å². The van der Waals surface area contributed by atoms with Gasteiger partial charge in [-0.2, -0.15) is 0 Å². The number of carbonyl (C=O) groups excluding carboxylic acids is 2. The van der Waals surface area contributed by atoms with Crippen molar-refractivity contribution in [3.8, 4) is 0 Å². The van der Waals surface area contributed by atoms with Crippen molar-refractivity contribution in [2.45, 2.75) is 65.0 Å². The molecule has 3 aliphatic rings. The average molecular weight is 381 g/mol. The van der Waals surface area contributed by atoms with Gasteiger partial charge in [0.2, 0.25) is 0 Å². The molecular weight excluding hydrogens is 354 g/mol. The first-order valence-electron chi connectivity index (χ1n) is 8.93. The fourth-order valence-corrected chi connectivity index (χ4v) is 4.27. The molecule has 0 aromatic carbocycles. The lowest BCUT2D eigenvalue weighted by Gasteiger charge is -2.36. The van der Waals surface area contributed by atoms with Gasteiger partial charge in [0, 0.05) is 24.1 Å². The van der Waals surface area contributed by atoms with E-state index in [1.54, 1.807) is 34.8 Å². The Bertz CT molecular complexity index is 724. The molecular formula is C19H27NO7. The van der Waals surface area contributed by atoms with Crippen molar-refractivity contribution in [3.05, 3.63) is 22.5 Å². The van der Waals surface area contributed by atoms with Crippen LogP contribution in [0.3, 0.4) is 0 Å². The highest BCUT2D eigenvalue weighted by molar-refractivity contribution is 6.00. The lowest BCUT2D eigenvalue weighted by Crippen LogP contribution is -2.45. The van der Waals surface area contributed by atoms with Gasteiger partial charge in [0.25, 0.3) is 0 Å². The summed E-state index contributed by atoms with van der Waals surface area (Å²) in [6, 6.07) is 0. The first-order chi connectivity index (χ1) is 12.6. The summed E-state index contributed by atoms with van der Waals surface area (Å²) in [5.41, 5.74) is 2.11. The van der Waals surface area contributed by atoms with Crippen LogP contribution in [-0.2, 0) is 33.3 Å². The smallest absolute Gasteiger partial charge is 0.336 e. The minimum atomic E-state index is -0.794. The van der Waals surface area contributed by atoms with Crippen LogP contribution in [0, 0.1) is 5.92 Å². The van der Waals surface area contributed by atoms with Gasteiger partial charge in [-0.3, -0.25) is 4.79 Å². The molecule has 1 N–H and O–H groups in total. The monoisotopic (exact) mass is 381 g/mol. The summed E-state index contributed by atoms with van der Waals surface area (Å²) in [6.07, 6.45) is -2.26. The number of hydrogen-bond donors (Lipinski definition) is 1. The molecule has 8 nitrogen and oxygen atoms in total. The predicted molar refractivity (Wildman–Crippen MR) is 94.2 cm³/mol. The third-order valence-corrected chi connectivity index (χ3v) is 5.22. The predicted octanol–water partition coefficient (Wildman–Crippen LogP) is 1.41. The van der Waals surface area contributed by atoms with Crippen molar-refractivity contribution in [2.24, 2.45) is 5.92 Å². The molecule has 3 heterocycles. The molecule has 0 spiro atoms. The zero-order valence-electron chi connectivity index (χ0n) is 16.7. The second kappa shape index (κ2) is 7.01. The summed E-state index contributed by atoms with van der Waals surface area (Å²) in [5.74, 6) is -2.12. The Morgan fingerprint density at radius 1 is 1.04 bits per heavy atom. The highest BCUT2D eigenvalue weighted by Crippen LogP contribution is 2.45. The molecule has 0 bridgehead atoms. The third kappa shape index (κ3) is 3.31. The van der Waals surface area contributed by atoms with Crippen molar-refractivity contribution in [1.29, 1.82) is 0 Å². The number of methoxy groups -OCH3 is 2. The van der Waals surface area contributed by atoms with E-state index in [-0.39, 0.29) is 5.78 Å². The number of rotatable bonds is 4. The van der Waals surface area contributed by atoms with Gasteiger partial charge in [-0.15, -0.1) is 0 Å². The van der Waals surface area contributed by atoms with Crippen LogP contribution >= 0.6 is 0 Å². The summed E-state index contributed by atoms with van der Waals surface area (Å²) in [4.78, 5) is 25.0. The maximum absolute atomic E-state index is 12.6.